The van der Waals surface area contributed by atoms with E-state index in [1.54, 1.807) is 12.2 Å². The highest BCUT2D eigenvalue weighted by Gasteiger charge is 2.36. The Bertz CT molecular complexity index is 2070. The highest BCUT2D eigenvalue weighted by Crippen LogP contribution is 2.44. The average molecular weight is 828 g/mol. The molecule has 0 radical (unpaired) electrons. The molecule has 2 aliphatic rings. The van der Waals surface area contributed by atoms with E-state index in [1.165, 1.54) is 0 Å². The van der Waals surface area contributed by atoms with Crippen LogP contribution in [-0.2, 0) is 36.9 Å². The van der Waals surface area contributed by atoms with Crippen molar-refractivity contribution in [1.82, 2.24) is 16.0 Å². The Morgan fingerprint density at radius 3 is 2.08 bits per heavy atom. The van der Waals surface area contributed by atoms with Crippen molar-refractivity contribution >= 4 is 23.9 Å². The van der Waals surface area contributed by atoms with E-state index in [-0.39, 0.29) is 57.3 Å². The summed E-state index contributed by atoms with van der Waals surface area (Å²) in [7, 11) is 0. The zero-order chi connectivity index (χ0) is 43.0. The van der Waals surface area contributed by atoms with Gasteiger partial charge in [0.2, 0.25) is 11.8 Å². The summed E-state index contributed by atoms with van der Waals surface area (Å²) in [5.74, 6) is -1.65. The fourth-order valence-electron chi connectivity index (χ4n) is 8.25. The van der Waals surface area contributed by atoms with Crippen molar-refractivity contribution in [2.24, 2.45) is 5.92 Å². The number of ether oxygens (including phenoxy) is 3. The lowest BCUT2D eigenvalue weighted by atomic mass is 9.95. The van der Waals surface area contributed by atoms with E-state index in [0.29, 0.717) is 31.6 Å². The molecule has 61 heavy (non-hydrogen) atoms. The van der Waals surface area contributed by atoms with Gasteiger partial charge in [-0.15, -0.1) is 13.2 Å². The number of aliphatic hydroxyl groups excluding tert-OH is 1. The van der Waals surface area contributed by atoms with E-state index in [1.807, 2.05) is 91.0 Å². The largest absolute Gasteiger partial charge is 0.489 e. The van der Waals surface area contributed by atoms with Gasteiger partial charge in [0.05, 0.1) is 24.1 Å². The van der Waals surface area contributed by atoms with Crippen LogP contribution in [0.1, 0.15) is 79.5 Å². The minimum absolute atomic E-state index is 0.0815. The molecule has 0 unspecified atom stereocenters. The Hall–Kier alpha value is -6.20. The summed E-state index contributed by atoms with van der Waals surface area (Å²) in [5, 5.41) is 18.8. The van der Waals surface area contributed by atoms with E-state index in [9.17, 15) is 24.3 Å². The molecule has 0 aliphatic heterocycles. The molecule has 0 aromatic heterocycles. The highest BCUT2D eigenvalue weighted by atomic mass is 16.6. The van der Waals surface area contributed by atoms with E-state index >= 15 is 0 Å². The van der Waals surface area contributed by atoms with Gasteiger partial charge in [0, 0.05) is 12.3 Å². The zero-order valence-corrected chi connectivity index (χ0v) is 34.7. The molecule has 4 aromatic rings. The lowest BCUT2D eigenvalue weighted by Gasteiger charge is -2.29. The molecule has 1 fully saturated rings. The minimum Gasteiger partial charge on any atom is -0.489 e. The van der Waals surface area contributed by atoms with Gasteiger partial charge in [-0.05, 0) is 84.0 Å². The number of benzene rings is 4. The van der Waals surface area contributed by atoms with Crippen LogP contribution in [0.3, 0.4) is 0 Å². The molecular formula is C50H57N3O8. The van der Waals surface area contributed by atoms with Crippen molar-refractivity contribution in [3.8, 4) is 16.9 Å². The standard InChI is InChI=1S/C50H57N3O8/c1-3-5-22-45(52-49(58)61-33-44-42-20-11-9-18-40(42)41-19-10-12-21-43(41)44)48(57)60-32-38(29-35-23-25-39(26-24-35)59-31-36-16-7-6-8-17-36)51-47(56)37(15-4-2)30-46(55)53-50(34-54)27-13-14-28-50/h3-4,6-12,16-21,23-26,37-38,44-45,54H,1-2,5,13-15,22,27-34H2,(H,51,56)(H,52,58)(H,53,55)/t37-,38+,45+/m1/s1. The smallest absolute Gasteiger partial charge is 0.407 e. The number of carbonyl (C=O) groups excluding carboxylic acids is 4. The third-order valence-electron chi connectivity index (χ3n) is 11.5. The lowest BCUT2D eigenvalue weighted by molar-refractivity contribution is -0.147. The summed E-state index contributed by atoms with van der Waals surface area (Å²) in [4.78, 5) is 54.1. The van der Waals surface area contributed by atoms with Crippen molar-refractivity contribution in [3.05, 3.63) is 151 Å². The van der Waals surface area contributed by atoms with Gasteiger partial charge < -0.3 is 35.3 Å². The molecule has 0 spiro atoms. The van der Waals surface area contributed by atoms with Crippen LogP contribution < -0.4 is 20.7 Å². The topological polar surface area (TPSA) is 152 Å². The first-order valence-electron chi connectivity index (χ1n) is 21.2. The minimum atomic E-state index is -1.04. The average Bonchev–Trinajstić information content (AvgIpc) is 3.88. The predicted octanol–water partition coefficient (Wildman–Crippen LogP) is 7.71. The van der Waals surface area contributed by atoms with E-state index < -0.39 is 41.5 Å². The summed E-state index contributed by atoms with van der Waals surface area (Å²) in [6.45, 7) is 7.70. The van der Waals surface area contributed by atoms with Gasteiger partial charge in [-0.1, -0.05) is 116 Å². The number of rotatable bonds is 22. The highest BCUT2D eigenvalue weighted by molar-refractivity contribution is 5.86. The van der Waals surface area contributed by atoms with Crippen LogP contribution in [0.5, 0.6) is 5.75 Å². The van der Waals surface area contributed by atoms with Crippen molar-refractivity contribution in [1.29, 1.82) is 0 Å². The van der Waals surface area contributed by atoms with E-state index in [4.69, 9.17) is 14.2 Å². The van der Waals surface area contributed by atoms with Gasteiger partial charge in [0.15, 0.2) is 0 Å². The fraction of sp³-hybridized carbons (Fsp3) is 0.360. The molecule has 0 bridgehead atoms. The van der Waals surface area contributed by atoms with Gasteiger partial charge in [-0.3, -0.25) is 9.59 Å². The second-order valence-corrected chi connectivity index (χ2v) is 16.0. The fourth-order valence-corrected chi connectivity index (χ4v) is 8.25. The Labute approximate surface area is 358 Å². The summed E-state index contributed by atoms with van der Waals surface area (Å²) >= 11 is 0. The maximum absolute atomic E-state index is 13.9. The molecule has 0 saturated heterocycles. The first-order chi connectivity index (χ1) is 29.7. The maximum Gasteiger partial charge on any atom is 0.407 e. The number of nitrogens with one attached hydrogen (secondary N) is 3. The second kappa shape index (κ2) is 21.9. The maximum atomic E-state index is 13.9. The molecule has 11 heteroatoms. The predicted molar refractivity (Wildman–Crippen MR) is 235 cm³/mol. The molecule has 2 aliphatic carbocycles. The van der Waals surface area contributed by atoms with Crippen LogP contribution in [-0.4, -0.2) is 66.4 Å². The number of fused-ring (bicyclic) bond motifs is 3. The Morgan fingerprint density at radius 1 is 0.787 bits per heavy atom. The molecule has 3 amide bonds. The number of amides is 3. The number of allylic oxidation sites excluding steroid dienone is 2. The molecule has 6 rings (SSSR count). The third-order valence-corrected chi connectivity index (χ3v) is 11.5. The molecule has 4 aromatic carbocycles. The molecule has 320 valence electrons. The quantitative estimate of drug-likeness (QED) is 0.0465. The molecule has 4 N–H and O–H groups in total. The molecular weight excluding hydrogens is 771 g/mol. The van der Waals surface area contributed by atoms with Gasteiger partial charge in [-0.2, -0.15) is 0 Å². The van der Waals surface area contributed by atoms with Gasteiger partial charge in [-0.25, -0.2) is 9.59 Å². The summed E-state index contributed by atoms with van der Waals surface area (Å²) in [6, 6.07) is 31.6. The Morgan fingerprint density at radius 2 is 1.44 bits per heavy atom. The Balaban J connectivity index is 1.11. The van der Waals surface area contributed by atoms with Crippen LogP contribution in [0.2, 0.25) is 0 Å². The number of aliphatic hydroxyl groups is 1. The van der Waals surface area contributed by atoms with Crippen LogP contribution in [0.4, 0.5) is 4.79 Å². The van der Waals surface area contributed by atoms with Crippen LogP contribution in [0, 0.1) is 5.92 Å². The van der Waals surface area contributed by atoms with Crippen molar-refractivity contribution in [2.45, 2.75) is 87.9 Å². The summed E-state index contributed by atoms with van der Waals surface area (Å²) in [6.07, 6.45) is 6.74. The van der Waals surface area contributed by atoms with Gasteiger partial charge >= 0.3 is 12.1 Å². The van der Waals surface area contributed by atoms with Crippen molar-refractivity contribution < 1.29 is 38.5 Å². The van der Waals surface area contributed by atoms with Crippen LogP contribution >= 0.6 is 0 Å². The Kier molecular flexibility index (Phi) is 15.9. The monoisotopic (exact) mass is 827 g/mol. The number of hydrogen-bond acceptors (Lipinski definition) is 8. The second-order valence-electron chi connectivity index (χ2n) is 16.0. The number of carbonyl (C=O) groups is 4. The zero-order valence-electron chi connectivity index (χ0n) is 34.7. The number of alkyl carbamates (subject to hydrolysis) is 1. The molecule has 1 saturated carbocycles. The third kappa shape index (κ3) is 12.2. The van der Waals surface area contributed by atoms with Gasteiger partial charge in [0.1, 0.15) is 31.6 Å². The SMILES string of the molecule is C=CCC[C@H](NC(=O)OCC1c2ccccc2-c2ccccc21)C(=O)OC[C@H](Cc1ccc(OCc2ccccc2)cc1)NC(=O)[C@H](CC=C)CC(=O)NC1(CO)CCCC1. The number of esters is 1. The first-order valence-corrected chi connectivity index (χ1v) is 21.2. The van der Waals surface area contributed by atoms with Crippen molar-refractivity contribution in [3.63, 3.8) is 0 Å². The number of hydrogen-bond donors (Lipinski definition) is 4. The van der Waals surface area contributed by atoms with Gasteiger partial charge in [0.25, 0.3) is 0 Å². The summed E-state index contributed by atoms with van der Waals surface area (Å²) < 4.78 is 17.6. The van der Waals surface area contributed by atoms with Crippen molar-refractivity contribution in [2.75, 3.05) is 19.8 Å². The molecule has 11 nitrogen and oxygen atoms in total. The molecule has 3 atom stereocenters. The normalized spacial score (nSPS) is 15.2. The summed E-state index contributed by atoms with van der Waals surface area (Å²) in [5.41, 5.74) is 5.56. The van der Waals surface area contributed by atoms with Crippen LogP contribution in [0.25, 0.3) is 11.1 Å². The lowest BCUT2D eigenvalue weighted by Crippen LogP contribution is -2.50. The van der Waals surface area contributed by atoms with E-state index in [0.717, 1.165) is 46.2 Å². The first kappa shape index (κ1) is 44.4. The van der Waals surface area contributed by atoms with Crippen LogP contribution in [0.15, 0.2) is 128 Å². The van der Waals surface area contributed by atoms with E-state index in [2.05, 4.69) is 41.2 Å². The molecule has 0 heterocycles.